The quantitative estimate of drug-likeness (QED) is 0.0349. The van der Waals surface area contributed by atoms with E-state index in [1.54, 1.807) is 8.93 Å². The number of halogens is 1. The molecule has 0 spiro atoms. The molecule has 4 aromatic carbocycles. The van der Waals surface area contributed by atoms with Crippen molar-refractivity contribution in [3.05, 3.63) is 93.0 Å². The van der Waals surface area contributed by atoms with Crippen LogP contribution in [0.3, 0.4) is 0 Å². The number of rotatable bonds is 26. The predicted molar refractivity (Wildman–Crippen MR) is 245 cm³/mol. The maximum absolute atomic E-state index is 6.64. The van der Waals surface area contributed by atoms with Crippen molar-refractivity contribution in [1.29, 1.82) is 0 Å². The minimum atomic E-state index is -3.32. The summed E-state index contributed by atoms with van der Waals surface area (Å²) in [7, 11) is 1.68. The summed E-state index contributed by atoms with van der Waals surface area (Å²) in [5, 5.41) is 0. The average Bonchev–Trinajstić information content (AvgIpc) is 4.16. The van der Waals surface area contributed by atoms with Crippen LogP contribution < -0.4 is 37.2 Å². The predicted octanol–water partition coefficient (Wildman–Crippen LogP) is 7.94. The first-order valence-corrected chi connectivity index (χ1v) is 28.2. The Morgan fingerprint density at radius 2 is 0.823 bits per heavy atom. The van der Waals surface area contributed by atoms with E-state index >= 15 is 0 Å². The van der Waals surface area contributed by atoms with Crippen molar-refractivity contribution in [2.75, 3.05) is 71.8 Å². The minimum absolute atomic E-state index is 0.216. The van der Waals surface area contributed by atoms with Crippen LogP contribution in [0.5, 0.6) is 23.0 Å². The van der Waals surface area contributed by atoms with Crippen molar-refractivity contribution in [3.63, 3.8) is 0 Å². The molecule has 2 atom stereocenters. The zero-order chi connectivity index (χ0) is 44.4. The molecule has 0 aromatic heterocycles. The standard InChI is InChI=1S/C50H68IO10S/c1-12-59-51(60-13-2,61-14-3)62-17-15-16-52-44(28-55-47-32(4)18-40(19-33(47)5)42-22-36(8)49(37(9)23-42)57-30-45-26-53-45)29-56-48-34(6)20-41(21-35(48)7)43-24-38(10)50(39(11)25-43)58-31-46-27-54-46/h18-25,44-46H,12-17,26-31H2,1-11H3/q-1. The van der Waals surface area contributed by atoms with E-state index in [1.165, 1.54) is 0 Å². The molecule has 4 aromatic rings. The van der Waals surface area contributed by atoms with Gasteiger partial charge in [0.1, 0.15) is 36.9 Å². The van der Waals surface area contributed by atoms with E-state index in [0.29, 0.717) is 52.9 Å². The first kappa shape index (κ1) is 48.4. The fourth-order valence-corrected chi connectivity index (χ4v) is 17.0. The van der Waals surface area contributed by atoms with Gasteiger partial charge >= 0.3 is 226 Å². The molecule has 2 unspecified atom stereocenters. The third-order valence-corrected chi connectivity index (χ3v) is 20.8. The second kappa shape index (κ2) is 22.7. The van der Waals surface area contributed by atoms with Gasteiger partial charge in [-0.1, -0.05) is 0 Å². The number of benzene rings is 4. The first-order chi connectivity index (χ1) is 29.8. The summed E-state index contributed by atoms with van der Waals surface area (Å²) in [6.45, 7) is 28.4. The summed E-state index contributed by atoms with van der Waals surface area (Å²) in [6, 6.07) is 17.6. The zero-order valence-corrected chi connectivity index (χ0v) is 41.7. The van der Waals surface area contributed by atoms with Crippen LogP contribution in [0, 0.1) is 55.4 Å². The van der Waals surface area contributed by atoms with Crippen LogP contribution in [0.1, 0.15) is 71.7 Å². The molecule has 0 bridgehead atoms. The van der Waals surface area contributed by atoms with Crippen molar-refractivity contribution >= 4 is 8.93 Å². The van der Waals surface area contributed by atoms with Gasteiger partial charge in [-0.3, -0.25) is 0 Å². The fraction of sp³-hybridized carbons (Fsp3) is 0.520. The molecule has 2 aliphatic heterocycles. The summed E-state index contributed by atoms with van der Waals surface area (Å²) in [5.74, 6) is 4.39. The molecule has 342 valence electrons. The van der Waals surface area contributed by atoms with Crippen molar-refractivity contribution in [1.82, 2.24) is 0 Å². The Labute approximate surface area is 378 Å². The van der Waals surface area contributed by atoms with E-state index in [2.05, 4.69) is 104 Å². The summed E-state index contributed by atoms with van der Waals surface area (Å²) >= 11 is -3.32. The Bertz CT molecular complexity index is 1880. The van der Waals surface area contributed by atoms with Crippen LogP contribution in [0.4, 0.5) is 0 Å². The molecule has 2 fully saturated rings. The Hall–Kier alpha value is -3.08. The van der Waals surface area contributed by atoms with Crippen LogP contribution in [0.2, 0.25) is 0 Å². The first-order valence-electron chi connectivity index (χ1n) is 22.0. The molecule has 0 N–H and O–H groups in total. The summed E-state index contributed by atoms with van der Waals surface area (Å²) in [4.78, 5) is 0. The Morgan fingerprint density at radius 1 is 0.516 bits per heavy atom. The van der Waals surface area contributed by atoms with E-state index in [4.69, 9.17) is 42.4 Å². The molecule has 62 heavy (non-hydrogen) atoms. The van der Waals surface area contributed by atoms with Crippen molar-refractivity contribution in [2.45, 2.75) is 101 Å². The van der Waals surface area contributed by atoms with Gasteiger partial charge in [-0.15, -0.1) is 0 Å². The number of aryl methyl sites for hydroxylation is 8. The fourth-order valence-electron chi connectivity index (χ4n) is 7.60. The van der Waals surface area contributed by atoms with Gasteiger partial charge in [-0.05, 0) is 85.3 Å². The van der Waals surface area contributed by atoms with E-state index in [9.17, 15) is 0 Å². The summed E-state index contributed by atoms with van der Waals surface area (Å²) in [5.41, 5.74) is 13.3. The van der Waals surface area contributed by atoms with Gasteiger partial charge in [0.05, 0.1) is 13.2 Å². The molecule has 0 amide bonds. The molecule has 0 radical (unpaired) electrons. The van der Waals surface area contributed by atoms with E-state index in [-0.39, 0.29) is 18.3 Å². The molecule has 10 nitrogen and oxygen atoms in total. The number of epoxide rings is 2. The zero-order valence-electron chi connectivity index (χ0n) is 38.7. The van der Waals surface area contributed by atoms with Crippen LogP contribution in [-0.2, 0) is 23.4 Å². The average molecular weight is 988 g/mol. The summed E-state index contributed by atoms with van der Waals surface area (Å²) < 4.78 is 61.1. The van der Waals surface area contributed by atoms with Crippen molar-refractivity contribution < 1.29 is 60.7 Å². The molecule has 6 rings (SSSR count). The van der Waals surface area contributed by atoms with Gasteiger partial charge in [0.2, 0.25) is 0 Å². The molecule has 0 saturated carbocycles. The third-order valence-electron chi connectivity index (χ3n) is 10.5. The van der Waals surface area contributed by atoms with E-state index in [0.717, 1.165) is 115 Å². The van der Waals surface area contributed by atoms with E-state index < -0.39 is 18.3 Å². The van der Waals surface area contributed by atoms with Crippen LogP contribution >= 0.6 is 8.93 Å². The van der Waals surface area contributed by atoms with Crippen LogP contribution in [-0.4, -0.2) is 90.1 Å². The van der Waals surface area contributed by atoms with Gasteiger partial charge in [0.15, 0.2) is 0 Å². The van der Waals surface area contributed by atoms with Gasteiger partial charge in [-0.2, -0.15) is 0 Å². The third kappa shape index (κ3) is 13.2. The molecule has 2 saturated heterocycles. The van der Waals surface area contributed by atoms with E-state index in [1.807, 2.05) is 20.8 Å². The normalized spacial score (nSPS) is 16.6. The number of hydrogen-bond acceptors (Lipinski definition) is 11. The van der Waals surface area contributed by atoms with Crippen molar-refractivity contribution in [3.8, 4) is 45.3 Å². The van der Waals surface area contributed by atoms with Gasteiger partial charge in [0, 0.05) is 0 Å². The SMILES string of the molecule is CCO[I-](OCC)(OCC)SCCCOC(COc1c(C)cc(-c2cc(C)c(OCC3CO3)c(C)c2)cc1C)COc1c(C)cc(-c2cc(C)c(OCC3CO3)c(C)c2)cc1C. The number of ether oxygens (including phenoxy) is 7. The van der Waals surface area contributed by atoms with Crippen LogP contribution in [0.25, 0.3) is 22.3 Å². The second-order valence-electron chi connectivity index (χ2n) is 16.1. The molecule has 2 aliphatic rings. The topological polar surface area (TPSA) is 98.9 Å². The molecule has 12 heteroatoms. The Kier molecular flexibility index (Phi) is 17.7. The van der Waals surface area contributed by atoms with Gasteiger partial charge in [0.25, 0.3) is 0 Å². The molecule has 0 aliphatic carbocycles. The monoisotopic (exact) mass is 987 g/mol. The number of hydrogen-bond donors (Lipinski definition) is 0. The molecular formula is C50H68IO10S-. The molecule has 2 heterocycles. The van der Waals surface area contributed by atoms with Crippen molar-refractivity contribution in [2.24, 2.45) is 0 Å². The Balaban J connectivity index is 1.15. The van der Waals surface area contributed by atoms with Gasteiger partial charge < -0.3 is 18.9 Å². The summed E-state index contributed by atoms with van der Waals surface area (Å²) in [6.07, 6.45) is 0.902. The van der Waals surface area contributed by atoms with Crippen LogP contribution in [0.15, 0.2) is 48.5 Å². The van der Waals surface area contributed by atoms with Gasteiger partial charge in [-0.25, -0.2) is 0 Å². The maximum atomic E-state index is 6.64. The Morgan fingerprint density at radius 3 is 1.11 bits per heavy atom. The second-order valence-corrected chi connectivity index (χ2v) is 25.2. The molecular weight excluding hydrogens is 920 g/mol.